The minimum absolute atomic E-state index is 0.0404. The summed E-state index contributed by atoms with van der Waals surface area (Å²) in [5.74, 6) is 1.07. The second-order valence-corrected chi connectivity index (χ2v) is 8.61. The van der Waals surface area contributed by atoms with E-state index in [2.05, 4.69) is 11.4 Å². The first-order chi connectivity index (χ1) is 15.7. The average Bonchev–Trinajstić information content (AvgIpc) is 2.80. The molecule has 0 aliphatic carbocycles. The van der Waals surface area contributed by atoms with Crippen molar-refractivity contribution >= 4 is 11.8 Å². The van der Waals surface area contributed by atoms with Crippen LogP contribution in [0.2, 0.25) is 0 Å². The minimum Gasteiger partial charge on any atom is -0.497 e. The van der Waals surface area contributed by atoms with Crippen molar-refractivity contribution in [3.8, 4) is 11.5 Å². The fraction of sp³-hybridized carbons (Fsp3) is 0.481. The zero-order chi connectivity index (χ0) is 24.5. The summed E-state index contributed by atoms with van der Waals surface area (Å²) >= 11 is 0. The molecule has 1 N–H and O–H groups in total. The molecule has 0 heterocycles. The molecule has 180 valence electrons. The number of benzene rings is 2. The van der Waals surface area contributed by atoms with Gasteiger partial charge in [-0.25, -0.2) is 0 Å². The molecule has 2 rings (SSSR count). The van der Waals surface area contributed by atoms with Gasteiger partial charge in [0.05, 0.1) is 7.11 Å². The van der Waals surface area contributed by atoms with Crippen LogP contribution < -0.4 is 14.8 Å². The van der Waals surface area contributed by atoms with Crippen molar-refractivity contribution in [2.24, 2.45) is 0 Å². The van der Waals surface area contributed by atoms with E-state index in [1.807, 2.05) is 71.9 Å². The lowest BCUT2D eigenvalue weighted by Gasteiger charge is -2.31. The molecule has 33 heavy (non-hydrogen) atoms. The third-order valence-electron chi connectivity index (χ3n) is 6.01. The maximum absolute atomic E-state index is 13.4. The Morgan fingerprint density at radius 2 is 1.70 bits per heavy atom. The number of hydrogen-bond acceptors (Lipinski definition) is 4. The largest absolute Gasteiger partial charge is 0.497 e. The maximum atomic E-state index is 13.4. The normalized spacial score (nSPS) is 12.6. The van der Waals surface area contributed by atoms with E-state index in [1.165, 1.54) is 0 Å². The van der Waals surface area contributed by atoms with Crippen molar-refractivity contribution in [1.82, 2.24) is 10.2 Å². The van der Waals surface area contributed by atoms with Gasteiger partial charge in [0.2, 0.25) is 5.91 Å². The van der Waals surface area contributed by atoms with Crippen LogP contribution in [-0.4, -0.2) is 42.5 Å². The first-order valence-electron chi connectivity index (χ1n) is 11.6. The first kappa shape index (κ1) is 26.2. The van der Waals surface area contributed by atoms with E-state index >= 15 is 0 Å². The molecule has 2 unspecified atom stereocenters. The highest BCUT2D eigenvalue weighted by Crippen LogP contribution is 2.24. The standard InChI is InChI=1S/C27H38N2O4/c1-8-20(5)28-27(31)24(9-2)29(16-22-10-12-23(32-7)13-11-22)26(30)17-33-25-15-18(3)14-19(4)21(25)6/h10-15,20,24H,8-9,16-17H2,1-7H3,(H,28,31). The lowest BCUT2D eigenvalue weighted by Crippen LogP contribution is -2.51. The van der Waals surface area contributed by atoms with Gasteiger partial charge in [0.15, 0.2) is 6.61 Å². The molecule has 6 heteroatoms. The van der Waals surface area contributed by atoms with Crippen molar-refractivity contribution < 1.29 is 19.1 Å². The van der Waals surface area contributed by atoms with Gasteiger partial charge in [0.25, 0.3) is 5.91 Å². The van der Waals surface area contributed by atoms with E-state index < -0.39 is 6.04 Å². The Hall–Kier alpha value is -3.02. The Morgan fingerprint density at radius 1 is 1.03 bits per heavy atom. The Kier molecular flexibility index (Phi) is 9.76. The third-order valence-corrected chi connectivity index (χ3v) is 6.01. The summed E-state index contributed by atoms with van der Waals surface area (Å²) in [5.41, 5.74) is 4.13. The van der Waals surface area contributed by atoms with E-state index in [0.29, 0.717) is 18.7 Å². The highest BCUT2D eigenvalue weighted by Gasteiger charge is 2.29. The van der Waals surface area contributed by atoms with E-state index in [9.17, 15) is 9.59 Å². The molecule has 6 nitrogen and oxygen atoms in total. The number of hydrogen-bond donors (Lipinski definition) is 1. The van der Waals surface area contributed by atoms with Gasteiger partial charge in [-0.3, -0.25) is 9.59 Å². The van der Waals surface area contributed by atoms with Crippen LogP contribution in [0.5, 0.6) is 11.5 Å². The van der Waals surface area contributed by atoms with Crippen LogP contribution in [0.4, 0.5) is 0 Å². The number of ether oxygens (including phenoxy) is 2. The summed E-state index contributed by atoms with van der Waals surface area (Å²) in [6.07, 6.45) is 1.33. The summed E-state index contributed by atoms with van der Waals surface area (Å²) in [4.78, 5) is 28.0. The summed E-state index contributed by atoms with van der Waals surface area (Å²) in [6, 6.07) is 11.0. The van der Waals surface area contributed by atoms with Crippen LogP contribution in [0.3, 0.4) is 0 Å². The number of rotatable bonds is 11. The predicted octanol–water partition coefficient (Wildman–Crippen LogP) is 4.72. The van der Waals surface area contributed by atoms with E-state index in [4.69, 9.17) is 9.47 Å². The van der Waals surface area contributed by atoms with Crippen LogP contribution >= 0.6 is 0 Å². The zero-order valence-electron chi connectivity index (χ0n) is 21.0. The Balaban J connectivity index is 2.27. The number of aryl methyl sites for hydroxylation is 2. The molecule has 2 atom stereocenters. The van der Waals surface area contributed by atoms with Crippen molar-refractivity contribution in [2.45, 2.75) is 73.0 Å². The molecule has 0 radical (unpaired) electrons. The van der Waals surface area contributed by atoms with Crippen molar-refractivity contribution in [2.75, 3.05) is 13.7 Å². The summed E-state index contributed by atoms with van der Waals surface area (Å²) in [6.45, 7) is 12.1. The lowest BCUT2D eigenvalue weighted by atomic mass is 10.1. The summed E-state index contributed by atoms with van der Waals surface area (Å²) < 4.78 is 11.2. The number of amides is 2. The van der Waals surface area contributed by atoms with Gasteiger partial charge in [-0.05, 0) is 81.0 Å². The molecule has 0 saturated carbocycles. The molecule has 0 fully saturated rings. The zero-order valence-corrected chi connectivity index (χ0v) is 21.0. The topological polar surface area (TPSA) is 67.9 Å². The first-order valence-corrected chi connectivity index (χ1v) is 11.6. The molecule has 0 aliphatic heterocycles. The Labute approximate surface area is 198 Å². The molecule has 0 spiro atoms. The third kappa shape index (κ3) is 7.24. The molecular formula is C27H38N2O4. The van der Waals surface area contributed by atoms with Gasteiger partial charge in [-0.2, -0.15) is 0 Å². The number of nitrogens with one attached hydrogen (secondary N) is 1. The highest BCUT2D eigenvalue weighted by atomic mass is 16.5. The molecule has 0 aromatic heterocycles. The van der Waals surface area contributed by atoms with Gasteiger partial charge >= 0.3 is 0 Å². The van der Waals surface area contributed by atoms with Gasteiger partial charge in [-0.15, -0.1) is 0 Å². The predicted molar refractivity (Wildman–Crippen MR) is 132 cm³/mol. The number of methoxy groups -OCH3 is 1. The molecular weight excluding hydrogens is 416 g/mol. The van der Waals surface area contributed by atoms with Crippen LogP contribution in [0.25, 0.3) is 0 Å². The van der Waals surface area contributed by atoms with Crippen LogP contribution in [0, 0.1) is 20.8 Å². The summed E-state index contributed by atoms with van der Waals surface area (Å²) in [7, 11) is 1.61. The minimum atomic E-state index is -0.586. The van der Waals surface area contributed by atoms with Gasteiger partial charge in [0, 0.05) is 12.6 Å². The highest BCUT2D eigenvalue weighted by molar-refractivity contribution is 5.88. The van der Waals surface area contributed by atoms with E-state index in [1.54, 1.807) is 12.0 Å². The number of carbonyl (C=O) groups is 2. The molecule has 0 aliphatic rings. The molecule has 0 bridgehead atoms. The second-order valence-electron chi connectivity index (χ2n) is 8.61. The molecule has 2 aromatic rings. The van der Waals surface area contributed by atoms with E-state index in [-0.39, 0.29) is 24.5 Å². The molecule has 2 amide bonds. The van der Waals surface area contributed by atoms with Gasteiger partial charge < -0.3 is 19.7 Å². The lowest BCUT2D eigenvalue weighted by molar-refractivity contribution is -0.143. The van der Waals surface area contributed by atoms with Crippen molar-refractivity contribution in [3.05, 3.63) is 58.7 Å². The Bertz CT molecular complexity index is 940. The maximum Gasteiger partial charge on any atom is 0.261 e. The fourth-order valence-electron chi connectivity index (χ4n) is 3.66. The van der Waals surface area contributed by atoms with Crippen molar-refractivity contribution in [3.63, 3.8) is 0 Å². The Morgan fingerprint density at radius 3 is 2.27 bits per heavy atom. The molecule has 0 saturated heterocycles. The average molecular weight is 455 g/mol. The van der Waals surface area contributed by atoms with Crippen LogP contribution in [-0.2, 0) is 16.1 Å². The monoisotopic (exact) mass is 454 g/mol. The van der Waals surface area contributed by atoms with Crippen LogP contribution in [0.1, 0.15) is 55.9 Å². The quantitative estimate of drug-likeness (QED) is 0.533. The van der Waals surface area contributed by atoms with Crippen molar-refractivity contribution in [1.29, 1.82) is 0 Å². The van der Waals surface area contributed by atoms with Gasteiger partial charge in [-0.1, -0.05) is 32.0 Å². The second kappa shape index (κ2) is 12.3. The van der Waals surface area contributed by atoms with Gasteiger partial charge in [0.1, 0.15) is 17.5 Å². The SMILES string of the molecule is CCC(C)NC(=O)C(CC)N(Cc1ccc(OC)cc1)C(=O)COc1cc(C)cc(C)c1C. The summed E-state index contributed by atoms with van der Waals surface area (Å²) in [5, 5.41) is 3.02. The number of nitrogens with zero attached hydrogens (tertiary/aromatic N) is 1. The van der Waals surface area contributed by atoms with E-state index in [0.717, 1.165) is 34.4 Å². The molecule has 2 aromatic carbocycles. The smallest absolute Gasteiger partial charge is 0.261 e. The number of carbonyl (C=O) groups excluding carboxylic acids is 2. The fourth-order valence-corrected chi connectivity index (χ4v) is 3.66. The van der Waals surface area contributed by atoms with Crippen LogP contribution in [0.15, 0.2) is 36.4 Å².